The molecule has 0 spiro atoms. The van der Waals surface area contributed by atoms with Crippen LogP contribution in [0.5, 0.6) is 0 Å². The number of hydrogen-bond acceptors (Lipinski definition) is 1. The summed E-state index contributed by atoms with van der Waals surface area (Å²) in [4.78, 5) is 10.2. The van der Waals surface area contributed by atoms with Crippen LogP contribution in [0.4, 0.5) is 0 Å². The van der Waals surface area contributed by atoms with Crippen molar-refractivity contribution in [1.29, 1.82) is 0 Å². The Balaban J connectivity index is 2.03. The van der Waals surface area contributed by atoms with Crippen LogP contribution < -0.4 is 0 Å². The second-order valence-electron chi connectivity index (χ2n) is 4.93. The Kier molecular flexibility index (Phi) is 5.89. The number of carbonyl (C=O) groups is 1. The van der Waals surface area contributed by atoms with E-state index in [0.717, 1.165) is 31.0 Å². The van der Waals surface area contributed by atoms with Crippen LogP contribution in [0.2, 0.25) is 0 Å². The minimum Gasteiger partial charge on any atom is -0.303 e. The molecular formula is C13H24O. The second kappa shape index (κ2) is 7.03. The molecule has 1 saturated carbocycles. The summed E-state index contributed by atoms with van der Waals surface area (Å²) in [5, 5.41) is 0. The molecular weight excluding hydrogens is 172 g/mol. The molecule has 0 bridgehead atoms. The van der Waals surface area contributed by atoms with E-state index in [-0.39, 0.29) is 0 Å². The van der Waals surface area contributed by atoms with Crippen LogP contribution in [0, 0.1) is 11.8 Å². The predicted octanol–water partition coefficient (Wildman–Crippen LogP) is 3.96. The fraction of sp³-hybridized carbons (Fsp3) is 0.923. The van der Waals surface area contributed by atoms with Gasteiger partial charge in [-0.15, -0.1) is 0 Å². The Bertz CT molecular complexity index is 147. The average molecular weight is 196 g/mol. The molecule has 1 nitrogen and oxygen atoms in total. The molecule has 1 aliphatic carbocycles. The third-order valence-corrected chi connectivity index (χ3v) is 3.57. The topological polar surface area (TPSA) is 17.1 Å². The summed E-state index contributed by atoms with van der Waals surface area (Å²) in [5.74, 6) is 1.75. The fourth-order valence-electron chi connectivity index (χ4n) is 2.49. The van der Waals surface area contributed by atoms with E-state index in [1.807, 2.05) is 0 Å². The van der Waals surface area contributed by atoms with Gasteiger partial charge in [-0.2, -0.15) is 0 Å². The van der Waals surface area contributed by atoms with Crippen molar-refractivity contribution < 1.29 is 4.79 Å². The van der Waals surface area contributed by atoms with E-state index in [2.05, 4.69) is 6.92 Å². The zero-order chi connectivity index (χ0) is 10.2. The molecule has 0 aromatic carbocycles. The lowest BCUT2D eigenvalue weighted by Crippen LogP contribution is -2.08. The SMILES string of the molecule is CC(CCC=O)CCC1CCCCC1. The van der Waals surface area contributed by atoms with Crippen LogP contribution in [0.15, 0.2) is 0 Å². The van der Waals surface area contributed by atoms with Crippen LogP contribution in [0.1, 0.15) is 64.7 Å². The number of aldehydes is 1. The van der Waals surface area contributed by atoms with Gasteiger partial charge >= 0.3 is 0 Å². The molecule has 1 heteroatoms. The molecule has 0 amide bonds. The van der Waals surface area contributed by atoms with Crippen molar-refractivity contribution in [2.75, 3.05) is 0 Å². The molecule has 14 heavy (non-hydrogen) atoms. The quantitative estimate of drug-likeness (QED) is 0.588. The maximum Gasteiger partial charge on any atom is 0.120 e. The van der Waals surface area contributed by atoms with Crippen molar-refractivity contribution in [2.45, 2.75) is 64.7 Å². The van der Waals surface area contributed by atoms with Gasteiger partial charge in [-0.1, -0.05) is 51.9 Å². The molecule has 0 aromatic heterocycles. The van der Waals surface area contributed by atoms with Gasteiger partial charge in [0.1, 0.15) is 6.29 Å². The summed E-state index contributed by atoms with van der Waals surface area (Å²) < 4.78 is 0. The Morgan fingerprint density at radius 3 is 2.57 bits per heavy atom. The van der Waals surface area contributed by atoms with Gasteiger partial charge in [-0.25, -0.2) is 0 Å². The normalized spacial score (nSPS) is 20.6. The molecule has 0 aliphatic heterocycles. The van der Waals surface area contributed by atoms with Gasteiger partial charge < -0.3 is 4.79 Å². The smallest absolute Gasteiger partial charge is 0.120 e. The molecule has 0 radical (unpaired) electrons. The number of hydrogen-bond donors (Lipinski definition) is 0. The van der Waals surface area contributed by atoms with Crippen LogP contribution >= 0.6 is 0 Å². The van der Waals surface area contributed by atoms with Gasteiger partial charge in [-0.05, 0) is 18.3 Å². The lowest BCUT2D eigenvalue weighted by molar-refractivity contribution is -0.108. The van der Waals surface area contributed by atoms with Crippen molar-refractivity contribution in [2.24, 2.45) is 11.8 Å². The lowest BCUT2D eigenvalue weighted by Gasteiger charge is -2.22. The largest absolute Gasteiger partial charge is 0.303 e. The summed E-state index contributed by atoms with van der Waals surface area (Å²) in [6.45, 7) is 2.28. The van der Waals surface area contributed by atoms with Gasteiger partial charge in [0.2, 0.25) is 0 Å². The first-order valence-corrected chi connectivity index (χ1v) is 6.26. The summed E-state index contributed by atoms with van der Waals surface area (Å²) in [6.07, 6.45) is 12.9. The van der Waals surface area contributed by atoms with Gasteiger partial charge in [0.15, 0.2) is 0 Å². The van der Waals surface area contributed by atoms with Crippen molar-refractivity contribution in [3.63, 3.8) is 0 Å². The van der Waals surface area contributed by atoms with Crippen LogP contribution in [-0.4, -0.2) is 6.29 Å². The van der Waals surface area contributed by atoms with Crippen LogP contribution in [-0.2, 0) is 4.79 Å². The zero-order valence-corrected chi connectivity index (χ0v) is 9.50. The van der Waals surface area contributed by atoms with Crippen molar-refractivity contribution in [3.8, 4) is 0 Å². The number of rotatable bonds is 6. The summed E-state index contributed by atoms with van der Waals surface area (Å²) in [6, 6.07) is 0. The lowest BCUT2D eigenvalue weighted by atomic mass is 9.84. The van der Waals surface area contributed by atoms with E-state index >= 15 is 0 Å². The van der Waals surface area contributed by atoms with E-state index in [1.54, 1.807) is 0 Å². The minimum absolute atomic E-state index is 0.752. The van der Waals surface area contributed by atoms with E-state index < -0.39 is 0 Å². The molecule has 1 aliphatic rings. The molecule has 0 aromatic rings. The van der Waals surface area contributed by atoms with E-state index in [4.69, 9.17) is 0 Å². The van der Waals surface area contributed by atoms with Gasteiger partial charge in [0.05, 0.1) is 0 Å². The highest BCUT2D eigenvalue weighted by Crippen LogP contribution is 2.29. The van der Waals surface area contributed by atoms with Crippen LogP contribution in [0.25, 0.3) is 0 Å². The minimum atomic E-state index is 0.752. The molecule has 0 saturated heterocycles. The standard InChI is InChI=1S/C13H24O/c1-12(6-5-11-14)9-10-13-7-3-2-4-8-13/h11-13H,2-10H2,1H3. The first kappa shape index (κ1) is 11.7. The summed E-state index contributed by atoms with van der Waals surface area (Å²) in [5.41, 5.74) is 0. The van der Waals surface area contributed by atoms with E-state index in [1.165, 1.54) is 44.9 Å². The predicted molar refractivity (Wildman–Crippen MR) is 60.3 cm³/mol. The van der Waals surface area contributed by atoms with Crippen molar-refractivity contribution in [3.05, 3.63) is 0 Å². The molecule has 1 fully saturated rings. The number of carbonyl (C=O) groups excluding carboxylic acids is 1. The van der Waals surface area contributed by atoms with E-state index in [9.17, 15) is 4.79 Å². The van der Waals surface area contributed by atoms with Crippen LogP contribution in [0.3, 0.4) is 0 Å². The van der Waals surface area contributed by atoms with Gasteiger partial charge in [0.25, 0.3) is 0 Å². The third-order valence-electron chi connectivity index (χ3n) is 3.57. The highest BCUT2D eigenvalue weighted by atomic mass is 16.1. The average Bonchev–Trinajstić information content (AvgIpc) is 2.25. The van der Waals surface area contributed by atoms with Crippen molar-refractivity contribution in [1.82, 2.24) is 0 Å². The van der Waals surface area contributed by atoms with E-state index in [0.29, 0.717) is 0 Å². The molecule has 1 atom stereocenters. The van der Waals surface area contributed by atoms with Crippen molar-refractivity contribution >= 4 is 6.29 Å². The Hall–Kier alpha value is -0.330. The Morgan fingerprint density at radius 1 is 1.21 bits per heavy atom. The summed E-state index contributed by atoms with van der Waals surface area (Å²) >= 11 is 0. The zero-order valence-electron chi connectivity index (χ0n) is 9.50. The molecule has 1 rings (SSSR count). The molecule has 0 heterocycles. The Labute approximate surface area is 88.3 Å². The highest BCUT2D eigenvalue weighted by molar-refractivity contribution is 5.49. The monoisotopic (exact) mass is 196 g/mol. The van der Waals surface area contributed by atoms with Gasteiger partial charge in [0, 0.05) is 6.42 Å². The molecule has 1 unspecified atom stereocenters. The Morgan fingerprint density at radius 2 is 1.93 bits per heavy atom. The molecule has 0 N–H and O–H groups in total. The first-order valence-electron chi connectivity index (χ1n) is 6.26. The third kappa shape index (κ3) is 4.78. The first-order chi connectivity index (χ1) is 6.83. The maximum absolute atomic E-state index is 10.2. The maximum atomic E-state index is 10.2. The molecule has 82 valence electrons. The highest BCUT2D eigenvalue weighted by Gasteiger charge is 2.14. The van der Waals surface area contributed by atoms with Gasteiger partial charge in [-0.3, -0.25) is 0 Å². The summed E-state index contributed by atoms with van der Waals surface area (Å²) in [7, 11) is 0. The fourth-order valence-corrected chi connectivity index (χ4v) is 2.49. The second-order valence-corrected chi connectivity index (χ2v) is 4.93.